The van der Waals surface area contributed by atoms with E-state index >= 15 is 0 Å². The van der Waals surface area contributed by atoms with E-state index in [1.54, 1.807) is 57.9 Å². The van der Waals surface area contributed by atoms with Gasteiger partial charge >= 0.3 is 0 Å². The molecular weight excluding hydrogens is 494 g/mol. The number of nitrogens with one attached hydrogen (secondary N) is 1. The Hall–Kier alpha value is -4.51. The zero-order valence-electron chi connectivity index (χ0n) is 20.5. The molecule has 37 heavy (non-hydrogen) atoms. The van der Waals surface area contributed by atoms with Crippen molar-refractivity contribution in [3.63, 3.8) is 0 Å². The third kappa shape index (κ3) is 6.19. The molecule has 0 saturated carbocycles. The summed E-state index contributed by atoms with van der Waals surface area (Å²) in [6.45, 7) is 0. The summed E-state index contributed by atoms with van der Waals surface area (Å²) in [6.07, 6.45) is 6.45. The number of allylic oxidation sites excluding steroid dienone is 1. The highest BCUT2D eigenvalue weighted by atomic mass is 32.2. The first-order valence-electron chi connectivity index (χ1n) is 11.1. The molecule has 190 valence electrons. The van der Waals surface area contributed by atoms with E-state index < -0.39 is 0 Å². The van der Waals surface area contributed by atoms with Crippen LogP contribution < -0.4 is 19.6 Å². The molecule has 11 heteroatoms. The largest absolute Gasteiger partial charge is 0.493 e. The summed E-state index contributed by atoms with van der Waals surface area (Å²) in [7, 11) is 4.65. The number of furan rings is 1. The van der Waals surface area contributed by atoms with Crippen molar-refractivity contribution in [2.24, 2.45) is 5.10 Å². The summed E-state index contributed by atoms with van der Waals surface area (Å²) >= 11 is 1.24. The molecule has 1 amide bonds. The predicted molar refractivity (Wildman–Crippen MR) is 142 cm³/mol. The van der Waals surface area contributed by atoms with E-state index in [0.717, 1.165) is 5.69 Å². The Morgan fingerprint density at radius 2 is 1.81 bits per heavy atom. The number of thioether (sulfide) groups is 1. The van der Waals surface area contributed by atoms with E-state index in [1.165, 1.54) is 18.0 Å². The first-order valence-corrected chi connectivity index (χ1v) is 12.1. The lowest BCUT2D eigenvalue weighted by Gasteiger charge is -2.15. The van der Waals surface area contributed by atoms with Gasteiger partial charge in [0.15, 0.2) is 22.5 Å². The lowest BCUT2D eigenvalue weighted by atomic mass is 10.1. The van der Waals surface area contributed by atoms with E-state index in [0.29, 0.717) is 39.6 Å². The van der Waals surface area contributed by atoms with Gasteiger partial charge in [0.25, 0.3) is 5.91 Å². The number of para-hydroxylation sites is 1. The summed E-state index contributed by atoms with van der Waals surface area (Å²) in [4.78, 5) is 12.4. The van der Waals surface area contributed by atoms with Crippen molar-refractivity contribution in [2.45, 2.75) is 5.16 Å². The minimum Gasteiger partial charge on any atom is -0.493 e. The average Bonchev–Trinajstić information content (AvgIpc) is 3.61. The van der Waals surface area contributed by atoms with Gasteiger partial charge in [-0.1, -0.05) is 30.0 Å². The van der Waals surface area contributed by atoms with Gasteiger partial charge in [0.2, 0.25) is 5.75 Å². The lowest BCUT2D eigenvalue weighted by molar-refractivity contribution is -0.118. The van der Waals surface area contributed by atoms with Crippen molar-refractivity contribution in [3.8, 4) is 34.3 Å². The maximum atomic E-state index is 12.4. The Morgan fingerprint density at radius 1 is 1.05 bits per heavy atom. The van der Waals surface area contributed by atoms with Gasteiger partial charge in [0.05, 0.1) is 33.3 Å². The van der Waals surface area contributed by atoms with Crippen LogP contribution in [0.5, 0.6) is 17.2 Å². The molecule has 4 aromatic rings. The van der Waals surface area contributed by atoms with Crippen LogP contribution in [0.15, 0.2) is 81.6 Å². The maximum absolute atomic E-state index is 12.4. The molecule has 2 aromatic heterocycles. The normalized spacial score (nSPS) is 11.2. The van der Waals surface area contributed by atoms with Crippen molar-refractivity contribution in [1.82, 2.24) is 20.2 Å². The summed E-state index contributed by atoms with van der Waals surface area (Å²) in [5.74, 6) is 2.50. The molecule has 10 nitrogen and oxygen atoms in total. The van der Waals surface area contributed by atoms with Gasteiger partial charge in [0, 0.05) is 17.5 Å². The van der Waals surface area contributed by atoms with Crippen LogP contribution in [0, 0.1) is 0 Å². The number of nitrogens with zero attached hydrogens (tertiary/aromatic N) is 4. The SMILES string of the molecule is COc1cc(-c2nnc(SCC(=O)N/N=C/C=C/c3ccco3)n2-c2ccccc2)cc(OC)c1OC. The molecule has 0 aliphatic rings. The third-order valence-electron chi connectivity index (χ3n) is 5.06. The van der Waals surface area contributed by atoms with Crippen LogP contribution in [-0.2, 0) is 4.79 Å². The quantitative estimate of drug-likeness (QED) is 0.176. The van der Waals surface area contributed by atoms with Crippen LogP contribution in [0.2, 0.25) is 0 Å². The van der Waals surface area contributed by atoms with Crippen molar-refractivity contribution < 1.29 is 23.4 Å². The molecule has 2 aromatic carbocycles. The Morgan fingerprint density at radius 3 is 2.46 bits per heavy atom. The summed E-state index contributed by atoms with van der Waals surface area (Å²) in [5, 5.41) is 13.2. The molecule has 0 aliphatic carbocycles. The van der Waals surface area contributed by atoms with Crippen molar-refractivity contribution in [1.29, 1.82) is 0 Å². The second kappa shape index (κ2) is 12.5. The Balaban J connectivity index is 1.55. The van der Waals surface area contributed by atoms with Gasteiger partial charge in [0.1, 0.15) is 5.76 Å². The first kappa shape index (κ1) is 25.6. The number of hydrazone groups is 1. The van der Waals surface area contributed by atoms with Gasteiger partial charge < -0.3 is 18.6 Å². The molecular formula is C26H25N5O5S. The fraction of sp³-hybridized carbons (Fsp3) is 0.154. The minimum absolute atomic E-state index is 0.0828. The Bertz CT molecular complexity index is 1360. The molecule has 0 bridgehead atoms. The van der Waals surface area contributed by atoms with E-state index in [-0.39, 0.29) is 11.7 Å². The number of amides is 1. The topological polar surface area (TPSA) is 113 Å². The van der Waals surface area contributed by atoms with E-state index in [4.69, 9.17) is 18.6 Å². The molecule has 1 N–H and O–H groups in total. The van der Waals surface area contributed by atoms with E-state index in [9.17, 15) is 4.79 Å². The molecule has 0 saturated heterocycles. The number of hydrogen-bond donors (Lipinski definition) is 1. The van der Waals surface area contributed by atoms with Gasteiger partial charge in [-0.15, -0.1) is 10.2 Å². The molecule has 0 atom stereocenters. The number of benzene rings is 2. The molecule has 0 fully saturated rings. The van der Waals surface area contributed by atoms with Crippen LogP contribution in [-0.4, -0.2) is 54.0 Å². The molecule has 0 spiro atoms. The van der Waals surface area contributed by atoms with Gasteiger partial charge in [-0.2, -0.15) is 5.10 Å². The highest BCUT2D eigenvalue weighted by Gasteiger charge is 2.21. The number of rotatable bonds is 11. The van der Waals surface area contributed by atoms with Gasteiger partial charge in [-0.05, 0) is 48.6 Å². The fourth-order valence-electron chi connectivity index (χ4n) is 3.41. The summed E-state index contributed by atoms with van der Waals surface area (Å²) in [6, 6.07) is 16.8. The van der Waals surface area contributed by atoms with Crippen LogP contribution in [0.25, 0.3) is 23.2 Å². The molecule has 0 aliphatic heterocycles. The van der Waals surface area contributed by atoms with Crippen LogP contribution in [0.4, 0.5) is 0 Å². The number of carbonyl (C=O) groups is 1. The van der Waals surface area contributed by atoms with Crippen LogP contribution in [0.1, 0.15) is 5.76 Å². The van der Waals surface area contributed by atoms with E-state index in [1.807, 2.05) is 41.0 Å². The van der Waals surface area contributed by atoms with Crippen molar-refractivity contribution >= 4 is 30.0 Å². The van der Waals surface area contributed by atoms with Crippen LogP contribution >= 0.6 is 11.8 Å². The zero-order valence-corrected chi connectivity index (χ0v) is 21.3. The predicted octanol–water partition coefficient (Wildman–Crippen LogP) is 4.46. The second-order valence-electron chi connectivity index (χ2n) is 7.37. The fourth-order valence-corrected chi connectivity index (χ4v) is 4.15. The maximum Gasteiger partial charge on any atom is 0.250 e. The van der Waals surface area contributed by atoms with Crippen LogP contribution in [0.3, 0.4) is 0 Å². The first-order chi connectivity index (χ1) is 18.1. The molecule has 0 radical (unpaired) electrons. The monoisotopic (exact) mass is 519 g/mol. The smallest absolute Gasteiger partial charge is 0.250 e. The standard InChI is InChI=1S/C26H25N5O5S/c1-33-21-15-18(16-22(34-2)24(21)35-3)25-29-30-26(31(25)19-9-5-4-6-10-19)37-17-23(32)28-27-13-7-11-20-12-8-14-36-20/h4-16H,17H2,1-3H3,(H,28,32)/b11-7+,27-13+. The van der Waals surface area contributed by atoms with Gasteiger partial charge in [-0.25, -0.2) is 5.43 Å². The molecule has 2 heterocycles. The second-order valence-corrected chi connectivity index (χ2v) is 8.31. The third-order valence-corrected chi connectivity index (χ3v) is 5.99. The van der Waals surface area contributed by atoms with Gasteiger partial charge in [-0.3, -0.25) is 9.36 Å². The number of ether oxygens (including phenoxy) is 3. The highest BCUT2D eigenvalue weighted by Crippen LogP contribution is 2.41. The summed E-state index contributed by atoms with van der Waals surface area (Å²) in [5.41, 5.74) is 4.03. The van der Waals surface area contributed by atoms with E-state index in [2.05, 4.69) is 20.7 Å². The lowest BCUT2D eigenvalue weighted by Crippen LogP contribution is -2.19. The highest BCUT2D eigenvalue weighted by molar-refractivity contribution is 7.99. The Kier molecular flexibility index (Phi) is 8.61. The number of carbonyl (C=O) groups excluding carboxylic acids is 1. The van der Waals surface area contributed by atoms with Crippen molar-refractivity contribution in [3.05, 3.63) is 72.7 Å². The molecule has 4 rings (SSSR count). The number of hydrogen-bond acceptors (Lipinski definition) is 9. The number of aromatic nitrogens is 3. The molecule has 0 unspecified atom stereocenters. The number of methoxy groups -OCH3 is 3. The average molecular weight is 520 g/mol. The Labute approximate surface area is 217 Å². The van der Waals surface area contributed by atoms with Crippen molar-refractivity contribution in [2.75, 3.05) is 27.1 Å². The summed E-state index contributed by atoms with van der Waals surface area (Å²) < 4.78 is 23.5. The minimum atomic E-state index is -0.287. The zero-order chi connectivity index (χ0) is 26.0.